The summed E-state index contributed by atoms with van der Waals surface area (Å²) in [6.45, 7) is 4.83. The fourth-order valence-electron chi connectivity index (χ4n) is 3.20. The SMILES string of the molecule is CCc1ccc(NC(=O)N2CCN(c3cc(-n4cccn4)ncn3)CC2)cc1. The molecule has 1 fully saturated rings. The van der Waals surface area contributed by atoms with Gasteiger partial charge in [-0.2, -0.15) is 5.10 Å². The third-order valence-electron chi connectivity index (χ3n) is 4.88. The van der Waals surface area contributed by atoms with Crippen molar-refractivity contribution in [3.05, 3.63) is 60.7 Å². The second-order valence-electron chi connectivity index (χ2n) is 6.64. The molecular weight excluding hydrogens is 354 g/mol. The molecule has 1 aliphatic rings. The molecule has 1 aromatic carbocycles. The number of benzene rings is 1. The van der Waals surface area contributed by atoms with Crippen molar-refractivity contribution in [3.63, 3.8) is 0 Å². The zero-order valence-corrected chi connectivity index (χ0v) is 15.8. The van der Waals surface area contributed by atoms with Crippen LogP contribution in [0.15, 0.2) is 55.1 Å². The highest BCUT2D eigenvalue weighted by Gasteiger charge is 2.22. The summed E-state index contributed by atoms with van der Waals surface area (Å²) in [5, 5.41) is 7.18. The van der Waals surface area contributed by atoms with Crippen LogP contribution >= 0.6 is 0 Å². The summed E-state index contributed by atoms with van der Waals surface area (Å²) in [6.07, 6.45) is 6.10. The van der Waals surface area contributed by atoms with E-state index in [2.05, 4.69) is 32.2 Å². The number of anilines is 2. The number of amides is 2. The van der Waals surface area contributed by atoms with Gasteiger partial charge in [-0.15, -0.1) is 0 Å². The molecule has 0 unspecified atom stereocenters. The van der Waals surface area contributed by atoms with E-state index in [1.807, 2.05) is 47.5 Å². The fraction of sp³-hybridized carbons (Fsp3) is 0.300. The predicted molar refractivity (Wildman–Crippen MR) is 108 cm³/mol. The van der Waals surface area contributed by atoms with E-state index in [1.54, 1.807) is 17.2 Å². The van der Waals surface area contributed by atoms with E-state index in [4.69, 9.17) is 0 Å². The number of aromatic nitrogens is 4. The number of piperazine rings is 1. The van der Waals surface area contributed by atoms with Gasteiger partial charge in [-0.3, -0.25) is 0 Å². The molecule has 1 saturated heterocycles. The maximum Gasteiger partial charge on any atom is 0.321 e. The number of aryl methyl sites for hydroxylation is 1. The number of rotatable bonds is 4. The first-order valence-electron chi connectivity index (χ1n) is 9.45. The number of nitrogens with one attached hydrogen (secondary N) is 1. The van der Waals surface area contributed by atoms with Crippen molar-refractivity contribution in [1.82, 2.24) is 24.6 Å². The number of nitrogens with zero attached hydrogens (tertiary/aromatic N) is 6. The lowest BCUT2D eigenvalue weighted by atomic mass is 10.1. The fourth-order valence-corrected chi connectivity index (χ4v) is 3.20. The number of carbonyl (C=O) groups excluding carboxylic acids is 1. The third-order valence-corrected chi connectivity index (χ3v) is 4.88. The minimum absolute atomic E-state index is 0.0659. The molecule has 144 valence electrons. The first-order chi connectivity index (χ1) is 13.7. The van der Waals surface area contributed by atoms with Gasteiger partial charge in [-0.25, -0.2) is 19.4 Å². The third kappa shape index (κ3) is 3.95. The molecule has 8 nitrogen and oxygen atoms in total. The van der Waals surface area contributed by atoms with Crippen molar-refractivity contribution >= 4 is 17.5 Å². The molecule has 3 aromatic rings. The largest absolute Gasteiger partial charge is 0.353 e. The molecule has 0 bridgehead atoms. The highest BCUT2D eigenvalue weighted by atomic mass is 16.2. The molecule has 0 radical (unpaired) electrons. The second-order valence-corrected chi connectivity index (χ2v) is 6.64. The average Bonchev–Trinajstić information content (AvgIpc) is 3.29. The van der Waals surface area contributed by atoms with Crippen molar-refractivity contribution in [1.29, 1.82) is 0 Å². The highest BCUT2D eigenvalue weighted by Crippen LogP contribution is 2.17. The molecule has 0 aliphatic carbocycles. The minimum Gasteiger partial charge on any atom is -0.353 e. The molecule has 2 aromatic heterocycles. The van der Waals surface area contributed by atoms with E-state index in [0.717, 1.165) is 36.8 Å². The summed E-state index contributed by atoms with van der Waals surface area (Å²) >= 11 is 0. The standard InChI is InChI=1S/C20H23N7O/c1-2-16-4-6-17(7-5-16)24-20(28)26-12-10-25(11-13-26)18-14-19(22-15-21-18)27-9-3-8-23-27/h3-9,14-15H,2,10-13H2,1H3,(H,24,28). The van der Waals surface area contributed by atoms with Gasteiger partial charge >= 0.3 is 6.03 Å². The smallest absolute Gasteiger partial charge is 0.321 e. The molecule has 0 atom stereocenters. The van der Waals surface area contributed by atoms with E-state index in [9.17, 15) is 4.79 Å². The first-order valence-corrected chi connectivity index (χ1v) is 9.45. The van der Waals surface area contributed by atoms with E-state index in [-0.39, 0.29) is 6.03 Å². The van der Waals surface area contributed by atoms with Crippen LogP contribution in [0.3, 0.4) is 0 Å². The summed E-state index contributed by atoms with van der Waals surface area (Å²) in [7, 11) is 0. The van der Waals surface area contributed by atoms with E-state index in [0.29, 0.717) is 13.1 Å². The monoisotopic (exact) mass is 377 g/mol. The Bertz CT molecular complexity index is 916. The van der Waals surface area contributed by atoms with Crippen LogP contribution in [0.25, 0.3) is 5.82 Å². The zero-order valence-electron chi connectivity index (χ0n) is 15.8. The van der Waals surface area contributed by atoms with Crippen LogP contribution in [0.5, 0.6) is 0 Å². The van der Waals surface area contributed by atoms with Crippen molar-refractivity contribution in [2.75, 3.05) is 36.4 Å². The number of hydrogen-bond acceptors (Lipinski definition) is 5. The summed E-state index contributed by atoms with van der Waals surface area (Å²) in [5.41, 5.74) is 2.08. The van der Waals surface area contributed by atoms with Gasteiger partial charge in [0.25, 0.3) is 0 Å². The Kier molecular flexibility index (Phi) is 5.18. The van der Waals surface area contributed by atoms with E-state index >= 15 is 0 Å². The van der Waals surface area contributed by atoms with Crippen LogP contribution in [0.4, 0.5) is 16.3 Å². The number of hydrogen-bond donors (Lipinski definition) is 1. The first kappa shape index (κ1) is 18.0. The molecular formula is C20H23N7O. The molecule has 0 saturated carbocycles. The molecule has 4 rings (SSSR count). The molecule has 0 spiro atoms. The van der Waals surface area contributed by atoms with Gasteiger partial charge < -0.3 is 15.1 Å². The number of urea groups is 1. The summed E-state index contributed by atoms with van der Waals surface area (Å²) in [5.74, 6) is 1.57. The molecule has 3 heterocycles. The Balaban J connectivity index is 1.35. The maximum absolute atomic E-state index is 12.5. The molecule has 2 amide bonds. The lowest BCUT2D eigenvalue weighted by molar-refractivity contribution is 0.208. The molecule has 8 heteroatoms. The Hall–Kier alpha value is -3.42. The van der Waals surface area contributed by atoms with Crippen molar-refractivity contribution < 1.29 is 4.79 Å². The second kappa shape index (κ2) is 8.08. The minimum atomic E-state index is -0.0659. The Morgan fingerprint density at radius 2 is 1.82 bits per heavy atom. The van der Waals surface area contributed by atoms with Gasteiger partial charge in [0.1, 0.15) is 12.1 Å². The van der Waals surface area contributed by atoms with Crippen LogP contribution in [0.2, 0.25) is 0 Å². The van der Waals surface area contributed by atoms with Crippen molar-refractivity contribution in [3.8, 4) is 5.82 Å². The maximum atomic E-state index is 12.5. The summed E-state index contributed by atoms with van der Waals surface area (Å²) in [4.78, 5) is 25.2. The molecule has 1 aliphatic heterocycles. The lowest BCUT2D eigenvalue weighted by Gasteiger charge is -2.35. The molecule has 1 N–H and O–H groups in total. The van der Waals surface area contributed by atoms with Crippen LogP contribution in [-0.4, -0.2) is 56.9 Å². The number of carbonyl (C=O) groups is 1. The van der Waals surface area contributed by atoms with Crippen molar-refractivity contribution in [2.45, 2.75) is 13.3 Å². The van der Waals surface area contributed by atoms with Gasteiger partial charge in [0.2, 0.25) is 0 Å². The van der Waals surface area contributed by atoms with Crippen LogP contribution in [0.1, 0.15) is 12.5 Å². The van der Waals surface area contributed by atoms with Crippen LogP contribution < -0.4 is 10.2 Å². The van der Waals surface area contributed by atoms with E-state index in [1.165, 1.54) is 5.56 Å². The topological polar surface area (TPSA) is 79.2 Å². The highest BCUT2D eigenvalue weighted by molar-refractivity contribution is 5.89. The van der Waals surface area contributed by atoms with Gasteiger partial charge in [-0.05, 0) is 30.2 Å². The Labute approximate surface area is 163 Å². The predicted octanol–water partition coefficient (Wildman–Crippen LogP) is 2.58. The Morgan fingerprint density at radius 3 is 2.50 bits per heavy atom. The van der Waals surface area contributed by atoms with E-state index < -0.39 is 0 Å². The zero-order chi connectivity index (χ0) is 19.3. The average molecular weight is 377 g/mol. The van der Waals surface area contributed by atoms with Crippen molar-refractivity contribution in [2.24, 2.45) is 0 Å². The summed E-state index contributed by atoms with van der Waals surface area (Å²) < 4.78 is 1.71. The van der Waals surface area contributed by atoms with Gasteiger partial charge in [0, 0.05) is 50.3 Å². The van der Waals surface area contributed by atoms with Crippen LogP contribution in [-0.2, 0) is 6.42 Å². The van der Waals surface area contributed by atoms with Gasteiger partial charge in [0.15, 0.2) is 5.82 Å². The van der Waals surface area contributed by atoms with Gasteiger partial charge in [0.05, 0.1) is 0 Å². The van der Waals surface area contributed by atoms with Crippen LogP contribution in [0, 0.1) is 0 Å². The normalized spacial score (nSPS) is 14.2. The lowest BCUT2D eigenvalue weighted by Crippen LogP contribution is -2.50. The quantitative estimate of drug-likeness (QED) is 0.756. The molecule has 28 heavy (non-hydrogen) atoms. The summed E-state index contributed by atoms with van der Waals surface area (Å²) in [6, 6.07) is 11.7. The van der Waals surface area contributed by atoms with Gasteiger partial charge in [-0.1, -0.05) is 19.1 Å². The Morgan fingerprint density at radius 1 is 1.07 bits per heavy atom.